The lowest BCUT2D eigenvalue weighted by molar-refractivity contribution is 0.0958. The molecule has 2 aromatic rings. The zero-order valence-electron chi connectivity index (χ0n) is 14.5. The Morgan fingerprint density at radius 2 is 2.12 bits per heavy atom. The summed E-state index contributed by atoms with van der Waals surface area (Å²) in [6.07, 6.45) is 4.65. The van der Waals surface area contributed by atoms with Crippen LogP contribution >= 0.6 is 0 Å². The van der Waals surface area contributed by atoms with Gasteiger partial charge in [0.25, 0.3) is 5.91 Å². The number of hydrogen-bond acceptors (Lipinski definition) is 7. The SMILES string of the molecule is CN=CC(=CN)Nc1ncc(C)c(-c2ccc(C(=O)NCC#N)cc2)n1. The Hall–Kier alpha value is -3.73. The maximum Gasteiger partial charge on any atom is 0.252 e. The van der Waals surface area contributed by atoms with Gasteiger partial charge in [-0.3, -0.25) is 9.79 Å². The molecule has 2 rings (SSSR count). The molecule has 1 amide bonds. The highest BCUT2D eigenvalue weighted by molar-refractivity contribution is 5.94. The largest absolute Gasteiger partial charge is 0.403 e. The van der Waals surface area contributed by atoms with Crippen LogP contribution in [0.4, 0.5) is 5.95 Å². The van der Waals surface area contributed by atoms with Gasteiger partial charge in [-0.05, 0) is 24.6 Å². The second-order valence-electron chi connectivity index (χ2n) is 5.28. The number of nitrogens with one attached hydrogen (secondary N) is 2. The summed E-state index contributed by atoms with van der Waals surface area (Å²) in [6.45, 7) is 1.87. The minimum atomic E-state index is -0.295. The van der Waals surface area contributed by atoms with E-state index in [1.54, 1.807) is 43.7 Å². The number of allylic oxidation sites excluding steroid dienone is 1. The number of carbonyl (C=O) groups excluding carboxylic acids is 1. The van der Waals surface area contributed by atoms with E-state index in [2.05, 4.69) is 25.6 Å². The normalized spacial score (nSPS) is 11.2. The van der Waals surface area contributed by atoms with E-state index >= 15 is 0 Å². The number of aryl methyl sites for hydroxylation is 1. The minimum Gasteiger partial charge on any atom is -0.403 e. The third-order valence-corrected chi connectivity index (χ3v) is 3.42. The summed E-state index contributed by atoms with van der Waals surface area (Å²) in [7, 11) is 1.64. The molecular weight excluding hydrogens is 330 g/mol. The molecule has 0 saturated heterocycles. The number of nitrogens with zero attached hydrogens (tertiary/aromatic N) is 4. The van der Waals surface area contributed by atoms with Crippen LogP contribution in [-0.4, -0.2) is 35.7 Å². The lowest BCUT2D eigenvalue weighted by Gasteiger charge is -2.10. The van der Waals surface area contributed by atoms with Crippen molar-refractivity contribution < 1.29 is 4.79 Å². The van der Waals surface area contributed by atoms with Crippen LogP contribution in [0.25, 0.3) is 11.3 Å². The van der Waals surface area contributed by atoms with E-state index in [9.17, 15) is 4.79 Å². The third-order valence-electron chi connectivity index (χ3n) is 3.42. The van der Waals surface area contributed by atoms with Gasteiger partial charge in [-0.2, -0.15) is 5.26 Å². The van der Waals surface area contributed by atoms with E-state index < -0.39 is 0 Å². The van der Waals surface area contributed by atoms with Crippen LogP contribution in [0.5, 0.6) is 0 Å². The Morgan fingerprint density at radius 3 is 2.73 bits per heavy atom. The summed E-state index contributed by atoms with van der Waals surface area (Å²) < 4.78 is 0. The molecule has 0 atom stereocenters. The summed E-state index contributed by atoms with van der Waals surface area (Å²) >= 11 is 0. The summed E-state index contributed by atoms with van der Waals surface area (Å²) in [5.74, 6) is 0.0921. The van der Waals surface area contributed by atoms with Crippen LogP contribution in [0.1, 0.15) is 15.9 Å². The van der Waals surface area contributed by atoms with E-state index in [0.29, 0.717) is 17.2 Å². The molecule has 0 aliphatic heterocycles. The van der Waals surface area contributed by atoms with Gasteiger partial charge in [-0.25, -0.2) is 9.97 Å². The molecule has 4 N–H and O–H groups in total. The van der Waals surface area contributed by atoms with Gasteiger partial charge < -0.3 is 16.4 Å². The van der Waals surface area contributed by atoms with Gasteiger partial charge in [0.15, 0.2) is 0 Å². The van der Waals surface area contributed by atoms with Crippen molar-refractivity contribution in [2.75, 3.05) is 18.9 Å². The number of benzene rings is 1. The Labute approximate surface area is 151 Å². The van der Waals surface area contributed by atoms with E-state index in [0.717, 1.165) is 16.8 Å². The molecular formula is C18H19N7O. The van der Waals surface area contributed by atoms with Gasteiger partial charge in [0, 0.05) is 36.8 Å². The number of anilines is 1. The van der Waals surface area contributed by atoms with Crippen LogP contribution in [0, 0.1) is 18.3 Å². The average molecular weight is 349 g/mol. The summed E-state index contributed by atoms with van der Waals surface area (Å²) in [4.78, 5) is 24.5. The smallest absolute Gasteiger partial charge is 0.252 e. The zero-order chi connectivity index (χ0) is 18.9. The van der Waals surface area contributed by atoms with E-state index in [4.69, 9.17) is 11.0 Å². The molecule has 8 heteroatoms. The summed E-state index contributed by atoms with van der Waals surface area (Å²) in [5.41, 5.74) is 9.05. The third kappa shape index (κ3) is 4.64. The molecule has 0 aliphatic carbocycles. The van der Waals surface area contributed by atoms with Crippen molar-refractivity contribution in [3.63, 3.8) is 0 Å². The number of nitrogens with two attached hydrogens (primary N) is 1. The van der Waals surface area contributed by atoms with Crippen LogP contribution in [0.2, 0.25) is 0 Å². The van der Waals surface area contributed by atoms with Crippen LogP contribution in [-0.2, 0) is 0 Å². The van der Waals surface area contributed by atoms with Gasteiger partial charge >= 0.3 is 0 Å². The molecule has 1 heterocycles. The topological polar surface area (TPSA) is 129 Å². The van der Waals surface area contributed by atoms with Crippen molar-refractivity contribution in [3.8, 4) is 17.3 Å². The van der Waals surface area contributed by atoms with Gasteiger partial charge in [-0.1, -0.05) is 12.1 Å². The van der Waals surface area contributed by atoms with E-state index in [1.807, 2.05) is 13.0 Å². The molecule has 26 heavy (non-hydrogen) atoms. The van der Waals surface area contributed by atoms with Crippen molar-refractivity contribution in [3.05, 3.63) is 53.5 Å². The molecule has 1 aromatic heterocycles. The lowest BCUT2D eigenvalue weighted by atomic mass is 10.1. The van der Waals surface area contributed by atoms with Crippen LogP contribution in [0.15, 0.2) is 47.4 Å². The molecule has 8 nitrogen and oxygen atoms in total. The van der Waals surface area contributed by atoms with Gasteiger partial charge in [-0.15, -0.1) is 0 Å². The molecule has 0 bridgehead atoms. The molecule has 1 aromatic carbocycles. The Bertz CT molecular complexity index is 879. The zero-order valence-corrected chi connectivity index (χ0v) is 14.5. The molecule has 0 spiro atoms. The summed E-state index contributed by atoms with van der Waals surface area (Å²) in [5, 5.41) is 14.0. The maximum absolute atomic E-state index is 11.9. The molecule has 0 aliphatic rings. The van der Waals surface area contributed by atoms with Crippen molar-refractivity contribution in [2.45, 2.75) is 6.92 Å². The van der Waals surface area contributed by atoms with Crippen molar-refractivity contribution in [1.82, 2.24) is 15.3 Å². The predicted octanol–water partition coefficient (Wildman–Crippen LogP) is 1.62. The average Bonchev–Trinajstić information content (AvgIpc) is 2.67. The Kier molecular flexibility index (Phi) is 6.40. The van der Waals surface area contributed by atoms with Crippen molar-refractivity contribution in [2.24, 2.45) is 10.7 Å². The highest BCUT2D eigenvalue weighted by Crippen LogP contribution is 2.22. The summed E-state index contributed by atoms with van der Waals surface area (Å²) in [6, 6.07) is 8.84. The second-order valence-corrected chi connectivity index (χ2v) is 5.28. The van der Waals surface area contributed by atoms with E-state index in [1.165, 1.54) is 6.20 Å². The fourth-order valence-corrected chi connectivity index (χ4v) is 2.18. The van der Waals surface area contributed by atoms with Crippen LogP contribution < -0.4 is 16.4 Å². The fraction of sp³-hybridized carbons (Fsp3) is 0.167. The van der Waals surface area contributed by atoms with Gasteiger partial charge in [0.2, 0.25) is 5.95 Å². The molecule has 132 valence electrons. The van der Waals surface area contributed by atoms with E-state index in [-0.39, 0.29) is 12.5 Å². The number of rotatable bonds is 6. The number of aromatic nitrogens is 2. The number of carbonyl (C=O) groups is 1. The number of amides is 1. The first-order valence-electron chi connectivity index (χ1n) is 7.79. The Morgan fingerprint density at radius 1 is 1.38 bits per heavy atom. The molecule has 0 saturated carbocycles. The molecule has 0 unspecified atom stereocenters. The second kappa shape index (κ2) is 8.94. The quantitative estimate of drug-likeness (QED) is 0.537. The first kappa shape index (κ1) is 18.6. The monoisotopic (exact) mass is 349 g/mol. The van der Waals surface area contributed by atoms with Crippen LogP contribution in [0.3, 0.4) is 0 Å². The number of nitriles is 1. The highest BCUT2D eigenvalue weighted by Gasteiger charge is 2.09. The van der Waals surface area contributed by atoms with Gasteiger partial charge in [0.1, 0.15) is 6.54 Å². The lowest BCUT2D eigenvalue weighted by Crippen LogP contribution is -2.23. The van der Waals surface area contributed by atoms with Gasteiger partial charge in [0.05, 0.1) is 17.5 Å². The first-order valence-corrected chi connectivity index (χ1v) is 7.79. The fourth-order valence-electron chi connectivity index (χ4n) is 2.18. The standard InChI is InChI=1S/C18H19N7O/c1-12-10-23-18(24-15(9-20)11-21-2)25-16(12)13-3-5-14(6-4-13)17(26)22-8-7-19/h3-6,9-11H,8,20H2,1-2H3,(H,22,26)(H,23,24,25). The molecule has 0 fully saturated rings. The minimum absolute atomic E-state index is 0.0291. The van der Waals surface area contributed by atoms with Crippen molar-refractivity contribution >= 4 is 18.1 Å². The molecule has 0 radical (unpaired) electrons. The van der Waals surface area contributed by atoms with Crippen molar-refractivity contribution in [1.29, 1.82) is 5.26 Å². The number of aliphatic imine (C=N–C) groups is 1. The maximum atomic E-state index is 11.9. The number of hydrogen-bond donors (Lipinski definition) is 3. The highest BCUT2D eigenvalue weighted by atomic mass is 16.1. The predicted molar refractivity (Wildman–Crippen MR) is 100 cm³/mol. The first-order chi connectivity index (χ1) is 12.6. The Balaban J connectivity index is 2.26.